The number of nitriles is 1. The molecule has 0 radical (unpaired) electrons. The summed E-state index contributed by atoms with van der Waals surface area (Å²) in [6.45, 7) is 2.20. The fourth-order valence-electron chi connectivity index (χ4n) is 3.06. The largest absolute Gasteiger partial charge is 0.359 e. The van der Waals surface area contributed by atoms with Gasteiger partial charge in [0.25, 0.3) is 0 Å². The lowest BCUT2D eigenvalue weighted by Crippen LogP contribution is -2.39. The number of nitrogens with one attached hydrogen (secondary N) is 1. The summed E-state index contributed by atoms with van der Waals surface area (Å²) in [6.07, 6.45) is 2.18. The van der Waals surface area contributed by atoms with Crippen molar-refractivity contribution in [2.45, 2.75) is 25.6 Å². The molecule has 6 heteroatoms. The van der Waals surface area contributed by atoms with Gasteiger partial charge in [-0.15, -0.1) is 0 Å². The highest BCUT2D eigenvalue weighted by Crippen LogP contribution is 2.25. The Hall–Kier alpha value is -2.65. The predicted octanol–water partition coefficient (Wildman–Crippen LogP) is 1.45. The number of hydrogen-bond acceptors (Lipinski definition) is 4. The second-order valence-electron chi connectivity index (χ2n) is 5.74. The average molecular weight is 309 g/mol. The highest BCUT2D eigenvalue weighted by atomic mass is 16.1. The van der Waals surface area contributed by atoms with Gasteiger partial charge in [0.15, 0.2) is 0 Å². The molecule has 1 atom stereocenters. The van der Waals surface area contributed by atoms with E-state index in [4.69, 9.17) is 0 Å². The topological polar surface area (TPSA) is 74.0 Å². The van der Waals surface area contributed by atoms with Gasteiger partial charge in [-0.3, -0.25) is 14.4 Å². The highest BCUT2D eigenvalue weighted by molar-refractivity contribution is 5.76. The molecule has 0 spiro atoms. The first-order valence-corrected chi connectivity index (χ1v) is 7.64. The minimum absolute atomic E-state index is 0.00993. The lowest BCUT2D eigenvalue weighted by atomic mass is 10.1. The van der Waals surface area contributed by atoms with Crippen LogP contribution in [-0.2, 0) is 17.9 Å². The molecule has 0 fully saturated rings. The van der Waals surface area contributed by atoms with Gasteiger partial charge in [0.2, 0.25) is 5.91 Å². The standard InChI is InChI=1S/C17H19N5O/c1-19-17(23)8-16-12-21(11-15-6-7-20-22(15)16)10-14-5-3-2-4-13(14)9-18/h2-7,16H,8,10-12H2,1H3,(H,19,23)/t16-/m1/s1. The van der Waals surface area contributed by atoms with Crippen molar-refractivity contribution >= 4 is 5.91 Å². The molecule has 1 N–H and O–H groups in total. The van der Waals surface area contributed by atoms with Crippen LogP contribution >= 0.6 is 0 Å². The predicted molar refractivity (Wildman–Crippen MR) is 85.2 cm³/mol. The van der Waals surface area contributed by atoms with Gasteiger partial charge < -0.3 is 5.32 Å². The highest BCUT2D eigenvalue weighted by Gasteiger charge is 2.27. The van der Waals surface area contributed by atoms with Crippen LogP contribution in [0.3, 0.4) is 0 Å². The Balaban J connectivity index is 1.80. The lowest BCUT2D eigenvalue weighted by molar-refractivity contribution is -0.121. The van der Waals surface area contributed by atoms with E-state index in [1.54, 1.807) is 13.2 Å². The van der Waals surface area contributed by atoms with Crippen LogP contribution < -0.4 is 5.32 Å². The maximum atomic E-state index is 11.8. The van der Waals surface area contributed by atoms with Gasteiger partial charge >= 0.3 is 0 Å². The molecule has 0 unspecified atom stereocenters. The minimum Gasteiger partial charge on any atom is -0.359 e. The molecular weight excluding hydrogens is 290 g/mol. The first kappa shape index (κ1) is 15.3. The van der Waals surface area contributed by atoms with Crippen LogP contribution in [-0.4, -0.2) is 34.2 Å². The summed E-state index contributed by atoms with van der Waals surface area (Å²) in [4.78, 5) is 14.0. The van der Waals surface area contributed by atoms with E-state index in [1.807, 2.05) is 35.0 Å². The molecule has 118 valence electrons. The quantitative estimate of drug-likeness (QED) is 0.927. The zero-order valence-electron chi connectivity index (χ0n) is 13.1. The van der Waals surface area contributed by atoms with Gasteiger partial charge in [0, 0.05) is 32.9 Å². The first-order chi connectivity index (χ1) is 11.2. The van der Waals surface area contributed by atoms with Crippen LogP contribution in [0, 0.1) is 11.3 Å². The summed E-state index contributed by atoms with van der Waals surface area (Å²) in [5.41, 5.74) is 2.82. The molecule has 0 bridgehead atoms. The monoisotopic (exact) mass is 309 g/mol. The molecule has 0 aliphatic carbocycles. The molecule has 0 saturated carbocycles. The number of hydrogen-bond donors (Lipinski definition) is 1. The van der Waals surface area contributed by atoms with E-state index < -0.39 is 0 Å². The van der Waals surface area contributed by atoms with Crippen LogP contribution in [0.25, 0.3) is 0 Å². The number of fused-ring (bicyclic) bond motifs is 1. The maximum Gasteiger partial charge on any atom is 0.221 e. The van der Waals surface area contributed by atoms with Crippen LogP contribution in [0.4, 0.5) is 0 Å². The van der Waals surface area contributed by atoms with Crippen molar-refractivity contribution in [2.24, 2.45) is 0 Å². The molecule has 2 heterocycles. The van der Waals surface area contributed by atoms with Gasteiger partial charge in [-0.25, -0.2) is 0 Å². The second-order valence-corrected chi connectivity index (χ2v) is 5.74. The van der Waals surface area contributed by atoms with E-state index in [0.717, 1.165) is 24.3 Å². The Labute approximate surface area is 135 Å². The number of nitrogens with zero attached hydrogens (tertiary/aromatic N) is 4. The zero-order valence-corrected chi connectivity index (χ0v) is 13.1. The summed E-state index contributed by atoms with van der Waals surface area (Å²) < 4.78 is 1.95. The third kappa shape index (κ3) is 3.25. The number of benzene rings is 1. The smallest absolute Gasteiger partial charge is 0.221 e. The van der Waals surface area contributed by atoms with Crippen molar-refractivity contribution in [1.29, 1.82) is 5.26 Å². The van der Waals surface area contributed by atoms with E-state index in [2.05, 4.69) is 21.4 Å². The van der Waals surface area contributed by atoms with E-state index in [1.165, 1.54) is 0 Å². The summed E-state index contributed by atoms with van der Waals surface area (Å²) in [5, 5.41) is 16.3. The summed E-state index contributed by atoms with van der Waals surface area (Å²) >= 11 is 0. The first-order valence-electron chi connectivity index (χ1n) is 7.64. The molecular formula is C17H19N5O. The molecule has 6 nitrogen and oxygen atoms in total. The van der Waals surface area contributed by atoms with E-state index in [0.29, 0.717) is 18.5 Å². The van der Waals surface area contributed by atoms with Crippen molar-refractivity contribution in [3.63, 3.8) is 0 Å². The van der Waals surface area contributed by atoms with Gasteiger partial charge in [0.1, 0.15) is 0 Å². The Morgan fingerprint density at radius 1 is 1.43 bits per heavy atom. The molecule has 1 aliphatic heterocycles. The molecule has 1 aromatic carbocycles. The Bertz CT molecular complexity index is 745. The number of carbonyl (C=O) groups excluding carboxylic acids is 1. The van der Waals surface area contributed by atoms with Crippen molar-refractivity contribution in [3.05, 3.63) is 53.3 Å². The fourth-order valence-corrected chi connectivity index (χ4v) is 3.06. The van der Waals surface area contributed by atoms with Gasteiger partial charge in [-0.05, 0) is 17.7 Å². The summed E-state index contributed by atoms with van der Waals surface area (Å²) in [7, 11) is 1.65. The van der Waals surface area contributed by atoms with E-state index in [-0.39, 0.29) is 11.9 Å². The SMILES string of the molecule is CNC(=O)C[C@@H]1CN(Cc2ccccc2C#N)Cc2ccnn21. The lowest BCUT2D eigenvalue weighted by Gasteiger charge is -2.33. The summed E-state index contributed by atoms with van der Waals surface area (Å²) in [6, 6.07) is 11.9. The maximum absolute atomic E-state index is 11.8. The molecule has 23 heavy (non-hydrogen) atoms. The van der Waals surface area contributed by atoms with Crippen molar-refractivity contribution < 1.29 is 4.79 Å². The van der Waals surface area contributed by atoms with Gasteiger partial charge in [0.05, 0.1) is 29.8 Å². The van der Waals surface area contributed by atoms with Gasteiger partial charge in [-0.1, -0.05) is 18.2 Å². The molecule has 1 amide bonds. The van der Waals surface area contributed by atoms with Crippen molar-refractivity contribution in [1.82, 2.24) is 20.0 Å². The van der Waals surface area contributed by atoms with Crippen LogP contribution in [0.5, 0.6) is 0 Å². The molecule has 1 aromatic heterocycles. The molecule has 0 saturated heterocycles. The zero-order chi connectivity index (χ0) is 16.2. The fraction of sp³-hybridized carbons (Fsp3) is 0.353. The van der Waals surface area contributed by atoms with Crippen LogP contribution in [0.1, 0.15) is 29.3 Å². The Morgan fingerprint density at radius 2 is 2.26 bits per heavy atom. The van der Waals surface area contributed by atoms with E-state index in [9.17, 15) is 10.1 Å². The summed E-state index contributed by atoms with van der Waals surface area (Å²) in [5.74, 6) is 0.00993. The van der Waals surface area contributed by atoms with Gasteiger partial charge in [-0.2, -0.15) is 10.4 Å². The molecule has 2 aromatic rings. The van der Waals surface area contributed by atoms with Crippen LogP contribution in [0.15, 0.2) is 36.5 Å². The van der Waals surface area contributed by atoms with Crippen LogP contribution in [0.2, 0.25) is 0 Å². The Morgan fingerprint density at radius 3 is 3.04 bits per heavy atom. The number of rotatable bonds is 4. The third-order valence-corrected chi connectivity index (χ3v) is 4.18. The minimum atomic E-state index is 0.00993. The molecule has 3 rings (SSSR count). The third-order valence-electron chi connectivity index (χ3n) is 4.18. The number of carbonyl (C=O) groups is 1. The van der Waals surface area contributed by atoms with E-state index >= 15 is 0 Å². The Kier molecular flexibility index (Phi) is 4.40. The molecule has 1 aliphatic rings. The second kappa shape index (κ2) is 6.63. The number of aromatic nitrogens is 2. The average Bonchev–Trinajstić information content (AvgIpc) is 3.04. The number of amides is 1. The van der Waals surface area contributed by atoms with Crippen molar-refractivity contribution in [2.75, 3.05) is 13.6 Å². The van der Waals surface area contributed by atoms with Crippen molar-refractivity contribution in [3.8, 4) is 6.07 Å². The normalized spacial score (nSPS) is 17.3.